The van der Waals surface area contributed by atoms with E-state index in [1.165, 1.54) is 25.7 Å². The van der Waals surface area contributed by atoms with Crippen molar-refractivity contribution in [2.45, 2.75) is 32.6 Å². The topological polar surface area (TPSA) is 58.6 Å². The minimum atomic E-state index is -0.931. The molecule has 106 valence electrons. The number of aromatic carboxylic acids is 1. The molecule has 1 aromatic rings. The van der Waals surface area contributed by atoms with Crippen LogP contribution in [-0.4, -0.2) is 30.8 Å². The molecule has 0 amide bonds. The van der Waals surface area contributed by atoms with Crippen molar-refractivity contribution in [1.29, 1.82) is 0 Å². The highest BCUT2D eigenvalue weighted by molar-refractivity contribution is 5.87. The van der Waals surface area contributed by atoms with E-state index < -0.39 is 5.97 Å². The zero-order chi connectivity index (χ0) is 13.9. The summed E-state index contributed by atoms with van der Waals surface area (Å²) in [5.74, 6) is -0.327. The normalized spacial score (nSPS) is 10.4. The van der Waals surface area contributed by atoms with E-state index in [-0.39, 0.29) is 5.56 Å². The van der Waals surface area contributed by atoms with Gasteiger partial charge in [-0.1, -0.05) is 32.3 Å². The predicted molar refractivity (Wildman–Crippen MR) is 75.9 cm³/mol. The highest BCUT2D eigenvalue weighted by Crippen LogP contribution is 2.12. The van der Waals surface area contributed by atoms with E-state index in [0.717, 1.165) is 13.1 Å². The van der Waals surface area contributed by atoms with Crippen LogP contribution in [-0.2, 0) is 0 Å². The largest absolute Gasteiger partial charge is 0.492 e. The highest BCUT2D eigenvalue weighted by Gasteiger charge is 2.03. The Labute approximate surface area is 114 Å². The molecular formula is C15H23NO3. The summed E-state index contributed by atoms with van der Waals surface area (Å²) in [5, 5.41) is 12.2. The van der Waals surface area contributed by atoms with Gasteiger partial charge in [0.1, 0.15) is 12.4 Å². The molecule has 0 fully saturated rings. The second-order valence-corrected chi connectivity index (χ2v) is 4.49. The summed E-state index contributed by atoms with van der Waals surface area (Å²) in [6.07, 6.45) is 5.01. The maximum Gasteiger partial charge on any atom is 0.335 e. The first-order chi connectivity index (χ1) is 9.24. The van der Waals surface area contributed by atoms with Gasteiger partial charge >= 0.3 is 5.97 Å². The number of hydrogen-bond acceptors (Lipinski definition) is 3. The molecule has 1 rings (SSSR count). The van der Waals surface area contributed by atoms with Crippen LogP contribution < -0.4 is 10.1 Å². The average molecular weight is 265 g/mol. The van der Waals surface area contributed by atoms with Crippen LogP contribution in [0.5, 0.6) is 5.75 Å². The molecule has 2 N–H and O–H groups in total. The molecule has 0 aliphatic heterocycles. The molecule has 0 aromatic heterocycles. The van der Waals surface area contributed by atoms with Crippen LogP contribution in [0.15, 0.2) is 24.3 Å². The molecule has 0 saturated heterocycles. The molecule has 0 bridgehead atoms. The van der Waals surface area contributed by atoms with Crippen molar-refractivity contribution in [3.05, 3.63) is 29.8 Å². The minimum Gasteiger partial charge on any atom is -0.492 e. The van der Waals surface area contributed by atoms with Crippen molar-refractivity contribution in [2.75, 3.05) is 19.7 Å². The molecular weight excluding hydrogens is 242 g/mol. The van der Waals surface area contributed by atoms with Gasteiger partial charge in [-0.25, -0.2) is 4.79 Å². The van der Waals surface area contributed by atoms with Crippen molar-refractivity contribution in [3.63, 3.8) is 0 Å². The second kappa shape index (κ2) is 9.39. The molecule has 0 aliphatic carbocycles. The maximum atomic E-state index is 10.8. The van der Waals surface area contributed by atoms with Gasteiger partial charge in [-0.05, 0) is 31.2 Å². The first-order valence-corrected chi connectivity index (χ1v) is 6.91. The lowest BCUT2D eigenvalue weighted by atomic mass is 10.2. The zero-order valence-electron chi connectivity index (χ0n) is 11.5. The monoisotopic (exact) mass is 265 g/mol. The van der Waals surface area contributed by atoms with E-state index in [1.807, 2.05) is 0 Å². The minimum absolute atomic E-state index is 0.255. The van der Waals surface area contributed by atoms with Crippen molar-refractivity contribution < 1.29 is 14.6 Å². The fourth-order valence-corrected chi connectivity index (χ4v) is 1.76. The average Bonchev–Trinajstić information content (AvgIpc) is 2.42. The Morgan fingerprint density at radius 3 is 2.84 bits per heavy atom. The fourth-order valence-electron chi connectivity index (χ4n) is 1.76. The van der Waals surface area contributed by atoms with Gasteiger partial charge in [0.15, 0.2) is 0 Å². The van der Waals surface area contributed by atoms with E-state index in [4.69, 9.17) is 9.84 Å². The van der Waals surface area contributed by atoms with Crippen LogP contribution in [0, 0.1) is 0 Å². The lowest BCUT2D eigenvalue weighted by Crippen LogP contribution is -2.22. The van der Waals surface area contributed by atoms with Gasteiger partial charge in [-0.3, -0.25) is 0 Å². The van der Waals surface area contributed by atoms with Gasteiger partial charge in [0, 0.05) is 6.54 Å². The van der Waals surface area contributed by atoms with Crippen molar-refractivity contribution in [1.82, 2.24) is 5.32 Å². The smallest absolute Gasteiger partial charge is 0.335 e. The van der Waals surface area contributed by atoms with Crippen LogP contribution >= 0.6 is 0 Å². The van der Waals surface area contributed by atoms with E-state index in [2.05, 4.69) is 12.2 Å². The van der Waals surface area contributed by atoms with Crippen molar-refractivity contribution in [3.8, 4) is 5.75 Å². The highest BCUT2D eigenvalue weighted by atomic mass is 16.5. The summed E-state index contributed by atoms with van der Waals surface area (Å²) >= 11 is 0. The standard InChI is InChI=1S/C15H23NO3/c1-2-3-4-5-9-16-10-11-19-14-8-6-7-13(12-14)15(17)18/h6-8,12,16H,2-5,9-11H2,1H3,(H,17,18). The van der Waals surface area contributed by atoms with E-state index in [1.54, 1.807) is 24.3 Å². The number of ether oxygens (including phenoxy) is 1. The van der Waals surface area contributed by atoms with Gasteiger partial charge in [-0.15, -0.1) is 0 Å². The number of unbranched alkanes of at least 4 members (excludes halogenated alkanes) is 3. The SMILES string of the molecule is CCCCCCNCCOc1cccc(C(=O)O)c1. The van der Waals surface area contributed by atoms with Crippen LogP contribution in [0.3, 0.4) is 0 Å². The lowest BCUT2D eigenvalue weighted by molar-refractivity contribution is 0.0696. The fraction of sp³-hybridized carbons (Fsp3) is 0.533. The number of hydrogen-bond donors (Lipinski definition) is 2. The Morgan fingerprint density at radius 1 is 1.26 bits per heavy atom. The van der Waals surface area contributed by atoms with E-state index in [0.29, 0.717) is 12.4 Å². The number of rotatable bonds is 10. The van der Waals surface area contributed by atoms with Crippen LogP contribution in [0.4, 0.5) is 0 Å². The first kappa shape index (κ1) is 15.5. The second-order valence-electron chi connectivity index (χ2n) is 4.49. The molecule has 0 saturated carbocycles. The van der Waals surface area contributed by atoms with Gasteiger partial charge in [0.25, 0.3) is 0 Å². The third-order valence-electron chi connectivity index (χ3n) is 2.84. The van der Waals surface area contributed by atoms with E-state index >= 15 is 0 Å². The molecule has 0 radical (unpaired) electrons. The summed E-state index contributed by atoms with van der Waals surface area (Å²) < 4.78 is 5.50. The number of benzene rings is 1. The molecule has 0 atom stereocenters. The number of nitrogens with one attached hydrogen (secondary N) is 1. The quantitative estimate of drug-likeness (QED) is 0.639. The lowest BCUT2D eigenvalue weighted by Gasteiger charge is -2.08. The van der Waals surface area contributed by atoms with Gasteiger partial charge in [0.2, 0.25) is 0 Å². The Bertz CT molecular complexity index is 379. The predicted octanol–water partition coefficient (Wildman–Crippen LogP) is 2.93. The van der Waals surface area contributed by atoms with Crippen LogP contribution in [0.2, 0.25) is 0 Å². The van der Waals surface area contributed by atoms with Crippen molar-refractivity contribution in [2.24, 2.45) is 0 Å². The molecule has 4 nitrogen and oxygen atoms in total. The number of carboxylic acid groups (broad SMARTS) is 1. The Hall–Kier alpha value is -1.55. The number of carboxylic acids is 1. The third kappa shape index (κ3) is 6.82. The molecule has 0 heterocycles. The molecule has 1 aromatic carbocycles. The summed E-state index contributed by atoms with van der Waals surface area (Å²) in [6, 6.07) is 6.56. The van der Waals surface area contributed by atoms with Gasteiger partial charge in [0.05, 0.1) is 5.56 Å². The third-order valence-corrected chi connectivity index (χ3v) is 2.84. The van der Waals surface area contributed by atoms with Gasteiger partial charge in [-0.2, -0.15) is 0 Å². The van der Waals surface area contributed by atoms with Gasteiger partial charge < -0.3 is 15.2 Å². The molecule has 0 unspecified atom stereocenters. The summed E-state index contributed by atoms with van der Waals surface area (Å²) in [6.45, 7) is 4.55. The number of carbonyl (C=O) groups is 1. The summed E-state index contributed by atoms with van der Waals surface area (Å²) in [7, 11) is 0. The zero-order valence-corrected chi connectivity index (χ0v) is 11.5. The summed E-state index contributed by atoms with van der Waals surface area (Å²) in [5.41, 5.74) is 0.255. The Morgan fingerprint density at radius 2 is 2.11 bits per heavy atom. The van der Waals surface area contributed by atoms with Crippen LogP contribution in [0.1, 0.15) is 43.0 Å². The Kier molecular flexibility index (Phi) is 7.66. The Balaban J connectivity index is 2.12. The summed E-state index contributed by atoms with van der Waals surface area (Å²) in [4.78, 5) is 10.8. The first-order valence-electron chi connectivity index (χ1n) is 6.91. The molecule has 0 aliphatic rings. The van der Waals surface area contributed by atoms with Crippen LogP contribution in [0.25, 0.3) is 0 Å². The molecule has 0 spiro atoms. The maximum absolute atomic E-state index is 10.8. The molecule has 4 heteroatoms. The molecule has 19 heavy (non-hydrogen) atoms. The van der Waals surface area contributed by atoms with E-state index in [9.17, 15) is 4.79 Å². The van der Waals surface area contributed by atoms with Crippen molar-refractivity contribution >= 4 is 5.97 Å².